The van der Waals surface area contributed by atoms with Gasteiger partial charge in [-0.2, -0.15) is 0 Å². The van der Waals surface area contributed by atoms with Crippen molar-refractivity contribution in [2.45, 2.75) is 0 Å². The molecule has 0 aromatic heterocycles. The van der Waals surface area contributed by atoms with Gasteiger partial charge in [-0.3, -0.25) is 10.2 Å². The van der Waals surface area contributed by atoms with Crippen molar-refractivity contribution >= 4 is 17.7 Å². The monoisotopic (exact) mass is 202 g/mol. The van der Waals surface area contributed by atoms with Crippen LogP contribution in [0.3, 0.4) is 0 Å². The van der Waals surface area contributed by atoms with E-state index in [1.807, 2.05) is 4.94 Å². The highest BCUT2D eigenvalue weighted by Crippen LogP contribution is 2.24. The Bertz CT molecular complexity index is 330. The number of carbonyl (C=O) groups is 1. The summed E-state index contributed by atoms with van der Waals surface area (Å²) in [7, 11) is 0. The smallest absolute Gasteiger partial charge is 0.266 e. The summed E-state index contributed by atoms with van der Waals surface area (Å²) >= 11 is 5.02. The van der Waals surface area contributed by atoms with E-state index in [2.05, 4.69) is 5.43 Å². The molecule has 1 rings (SSSR count). The van der Waals surface area contributed by atoms with Crippen molar-refractivity contribution in [1.29, 1.82) is 0 Å². The lowest BCUT2D eigenvalue weighted by atomic mass is 10.2. The number of benzene rings is 1. The first kappa shape index (κ1) is 9.63. The van der Waals surface area contributed by atoms with Gasteiger partial charge in [-0.05, 0) is 30.0 Å². The third-order valence-corrected chi connectivity index (χ3v) is 1.49. The number of hydrogen-bond acceptors (Lipinski definition) is 4. The molecule has 0 atom stereocenters. The van der Waals surface area contributed by atoms with Gasteiger partial charge in [0.15, 0.2) is 11.5 Å². The lowest BCUT2D eigenvalue weighted by molar-refractivity contribution is 0.0945. The maximum Gasteiger partial charge on any atom is 0.266 e. The maximum absolute atomic E-state index is 11.1. The van der Waals surface area contributed by atoms with Crippen molar-refractivity contribution in [3.63, 3.8) is 0 Å². The van der Waals surface area contributed by atoms with Gasteiger partial charge in [0.25, 0.3) is 5.91 Å². The van der Waals surface area contributed by atoms with Crippen LogP contribution in [0.5, 0.6) is 11.5 Å². The van der Waals surface area contributed by atoms with Gasteiger partial charge in [0.2, 0.25) is 0 Å². The Morgan fingerprint density at radius 1 is 1.31 bits per heavy atom. The summed E-state index contributed by atoms with van der Waals surface area (Å²) in [5, 5.41) is 18.0. The third kappa shape index (κ3) is 2.24. The van der Waals surface area contributed by atoms with E-state index in [4.69, 9.17) is 22.0 Å². The number of hydrazine groups is 1. The zero-order valence-electron chi connectivity index (χ0n) is 6.41. The first-order valence-electron chi connectivity index (χ1n) is 3.33. The van der Waals surface area contributed by atoms with Crippen molar-refractivity contribution in [3.05, 3.63) is 23.8 Å². The van der Waals surface area contributed by atoms with E-state index < -0.39 is 5.91 Å². The highest BCUT2D eigenvalue weighted by Gasteiger charge is 2.07. The third-order valence-electron chi connectivity index (χ3n) is 1.40. The molecule has 0 aliphatic rings. The summed E-state index contributed by atoms with van der Waals surface area (Å²) in [6.45, 7) is 0. The highest BCUT2D eigenvalue weighted by molar-refractivity contribution is 6.14. The lowest BCUT2D eigenvalue weighted by Crippen LogP contribution is -2.30. The van der Waals surface area contributed by atoms with Gasteiger partial charge in [0.05, 0.1) is 0 Å². The van der Waals surface area contributed by atoms with Gasteiger partial charge >= 0.3 is 0 Å². The van der Waals surface area contributed by atoms with Gasteiger partial charge in [-0.1, -0.05) is 0 Å². The number of amides is 1. The van der Waals surface area contributed by atoms with Crippen LogP contribution in [0.15, 0.2) is 18.2 Å². The van der Waals surface area contributed by atoms with Crippen molar-refractivity contribution in [2.24, 2.45) is 0 Å². The van der Waals surface area contributed by atoms with Gasteiger partial charge < -0.3 is 10.2 Å². The molecule has 1 aromatic carbocycles. The Morgan fingerprint density at radius 2 is 2.00 bits per heavy atom. The lowest BCUT2D eigenvalue weighted by Gasteiger charge is -2.02. The van der Waals surface area contributed by atoms with E-state index in [9.17, 15) is 4.79 Å². The van der Waals surface area contributed by atoms with Gasteiger partial charge in [-0.15, -0.1) is 4.94 Å². The number of halogens is 1. The molecule has 0 aliphatic carbocycles. The molecule has 0 saturated carbocycles. The molecule has 6 heteroatoms. The molecule has 0 aliphatic heterocycles. The van der Waals surface area contributed by atoms with Gasteiger partial charge in [0.1, 0.15) is 0 Å². The van der Waals surface area contributed by atoms with E-state index in [-0.39, 0.29) is 17.1 Å². The van der Waals surface area contributed by atoms with Crippen LogP contribution < -0.4 is 10.4 Å². The van der Waals surface area contributed by atoms with Crippen LogP contribution in [0.2, 0.25) is 0 Å². The molecule has 1 amide bonds. The van der Waals surface area contributed by atoms with E-state index in [0.29, 0.717) is 0 Å². The molecule has 0 fully saturated rings. The molecule has 0 heterocycles. The SMILES string of the molecule is O=C(NNCl)c1ccc(O)c(O)c1. The molecule has 0 bridgehead atoms. The molecular weight excluding hydrogens is 196 g/mol. The number of rotatable bonds is 2. The summed E-state index contributed by atoms with van der Waals surface area (Å²) in [4.78, 5) is 13.0. The highest BCUT2D eigenvalue weighted by atomic mass is 35.5. The Kier molecular flexibility index (Phi) is 2.94. The van der Waals surface area contributed by atoms with E-state index >= 15 is 0 Å². The number of nitrogens with one attached hydrogen (secondary N) is 2. The normalized spacial score (nSPS) is 9.62. The fourth-order valence-corrected chi connectivity index (χ4v) is 0.866. The Balaban J connectivity index is 2.90. The second kappa shape index (κ2) is 3.97. The van der Waals surface area contributed by atoms with E-state index in [1.165, 1.54) is 12.1 Å². The zero-order valence-corrected chi connectivity index (χ0v) is 7.17. The van der Waals surface area contributed by atoms with E-state index in [0.717, 1.165) is 6.07 Å². The second-order valence-corrected chi connectivity index (χ2v) is 2.44. The maximum atomic E-state index is 11.1. The number of phenols is 2. The molecule has 5 nitrogen and oxygen atoms in total. The average Bonchev–Trinajstić information content (AvgIpc) is 2.10. The Hall–Kier alpha value is -1.46. The van der Waals surface area contributed by atoms with Gasteiger partial charge in [-0.25, -0.2) is 0 Å². The van der Waals surface area contributed by atoms with E-state index in [1.54, 1.807) is 0 Å². The minimum atomic E-state index is -0.509. The summed E-state index contributed by atoms with van der Waals surface area (Å²) in [6, 6.07) is 3.68. The molecule has 70 valence electrons. The Morgan fingerprint density at radius 3 is 2.54 bits per heavy atom. The van der Waals surface area contributed by atoms with Crippen LogP contribution in [0.4, 0.5) is 0 Å². The second-order valence-electron chi connectivity index (χ2n) is 2.25. The van der Waals surface area contributed by atoms with Crippen molar-refractivity contribution in [1.82, 2.24) is 10.4 Å². The van der Waals surface area contributed by atoms with Crippen LogP contribution >= 0.6 is 11.8 Å². The molecule has 0 radical (unpaired) electrons. The van der Waals surface area contributed by atoms with Crippen molar-refractivity contribution < 1.29 is 15.0 Å². The van der Waals surface area contributed by atoms with Crippen LogP contribution in [0, 0.1) is 0 Å². The summed E-state index contributed by atoms with van der Waals surface area (Å²) < 4.78 is 0. The molecule has 0 saturated heterocycles. The Labute approximate surface area is 79.0 Å². The topological polar surface area (TPSA) is 81.6 Å². The molecule has 4 N–H and O–H groups in total. The quantitative estimate of drug-likeness (QED) is 0.320. The number of hydrogen-bond donors (Lipinski definition) is 4. The van der Waals surface area contributed by atoms with Crippen LogP contribution in [-0.4, -0.2) is 16.1 Å². The summed E-state index contributed by atoms with van der Waals surface area (Å²) in [6.07, 6.45) is 0. The summed E-state index contributed by atoms with van der Waals surface area (Å²) in [5.41, 5.74) is 2.28. The van der Waals surface area contributed by atoms with Crippen LogP contribution in [0.25, 0.3) is 0 Å². The first-order chi connectivity index (χ1) is 6.15. The average molecular weight is 203 g/mol. The molecule has 0 spiro atoms. The molecule has 0 unspecified atom stereocenters. The molecular formula is C7H7ClN2O3. The minimum Gasteiger partial charge on any atom is -0.504 e. The van der Waals surface area contributed by atoms with Crippen LogP contribution in [0.1, 0.15) is 10.4 Å². The predicted octanol–water partition coefficient (Wildman–Crippen LogP) is 0.486. The fourth-order valence-electron chi connectivity index (χ4n) is 0.780. The van der Waals surface area contributed by atoms with Crippen LogP contribution in [-0.2, 0) is 0 Å². The molecule has 1 aromatic rings. The predicted molar refractivity (Wildman–Crippen MR) is 46.2 cm³/mol. The summed E-state index contributed by atoms with van der Waals surface area (Å²) in [5.74, 6) is -1.15. The molecule has 13 heavy (non-hydrogen) atoms. The zero-order chi connectivity index (χ0) is 9.84. The largest absolute Gasteiger partial charge is 0.504 e. The number of carbonyl (C=O) groups excluding carboxylic acids is 1. The fraction of sp³-hybridized carbons (Fsp3) is 0. The number of aromatic hydroxyl groups is 2. The van der Waals surface area contributed by atoms with Gasteiger partial charge in [0, 0.05) is 5.56 Å². The van der Waals surface area contributed by atoms with Crippen molar-refractivity contribution in [2.75, 3.05) is 0 Å². The van der Waals surface area contributed by atoms with Crippen molar-refractivity contribution in [3.8, 4) is 11.5 Å². The minimum absolute atomic E-state index is 0.184. The first-order valence-corrected chi connectivity index (χ1v) is 3.71. The number of phenolic OH excluding ortho intramolecular Hbond substituents is 2. The standard InChI is InChI=1S/C7H7ClN2O3/c8-10-9-7(13)4-1-2-5(11)6(12)3-4/h1-3,10-12H,(H,9,13).